The molecular formula is C19H21N3O2S. The van der Waals surface area contributed by atoms with Crippen molar-refractivity contribution in [3.05, 3.63) is 59.9 Å². The van der Waals surface area contributed by atoms with Gasteiger partial charge in [0.2, 0.25) is 10.0 Å². The Hall–Kier alpha value is -2.18. The molecule has 3 aromatic rings. The molecule has 1 saturated heterocycles. The van der Waals surface area contributed by atoms with Crippen LogP contribution in [0.5, 0.6) is 0 Å². The number of H-pyrrole nitrogens is 1. The Bertz CT molecular complexity index is 985. The highest BCUT2D eigenvalue weighted by Gasteiger charge is 2.30. The molecule has 1 fully saturated rings. The predicted octanol–water partition coefficient (Wildman–Crippen LogP) is 3.44. The highest BCUT2D eigenvalue weighted by atomic mass is 32.2. The van der Waals surface area contributed by atoms with E-state index in [1.54, 1.807) is 22.6 Å². The molecule has 2 aromatic heterocycles. The van der Waals surface area contributed by atoms with Crippen LogP contribution in [0, 0.1) is 6.92 Å². The average molecular weight is 355 g/mol. The molecule has 0 amide bonds. The first kappa shape index (κ1) is 16.3. The fourth-order valence-corrected chi connectivity index (χ4v) is 5.02. The van der Waals surface area contributed by atoms with Gasteiger partial charge in [0.05, 0.1) is 15.9 Å². The summed E-state index contributed by atoms with van der Waals surface area (Å²) in [5.74, 6) is 0.341. The van der Waals surface area contributed by atoms with Crippen molar-refractivity contribution in [3.8, 4) is 0 Å². The summed E-state index contributed by atoms with van der Waals surface area (Å²) in [6.45, 7) is 3.04. The lowest BCUT2D eigenvalue weighted by molar-refractivity contribution is 0.320. The second-order valence-corrected chi connectivity index (χ2v) is 8.57. The Balaban J connectivity index is 1.52. The minimum atomic E-state index is -3.40. The topological polar surface area (TPSA) is 66.1 Å². The monoisotopic (exact) mass is 355 g/mol. The van der Waals surface area contributed by atoms with Gasteiger partial charge in [0.15, 0.2) is 0 Å². The Kier molecular flexibility index (Phi) is 4.09. The standard InChI is InChI=1S/C19H21N3O2S/c1-14-4-6-16(7-5-14)25(23,24)22-11-8-15(9-12-22)17-13-21-18-3-2-10-20-19(17)18/h2-7,10,13,15,21H,8-9,11-12H2,1H3. The molecule has 6 heteroatoms. The summed E-state index contributed by atoms with van der Waals surface area (Å²) in [5.41, 5.74) is 4.29. The zero-order valence-corrected chi connectivity index (χ0v) is 15.0. The Morgan fingerprint density at radius 3 is 2.56 bits per heavy atom. The third kappa shape index (κ3) is 2.96. The molecule has 0 aliphatic carbocycles. The highest BCUT2D eigenvalue weighted by molar-refractivity contribution is 7.89. The van der Waals surface area contributed by atoms with E-state index < -0.39 is 10.0 Å². The fourth-order valence-electron chi connectivity index (χ4n) is 3.55. The number of benzene rings is 1. The first-order chi connectivity index (χ1) is 12.1. The number of aromatic nitrogens is 2. The smallest absolute Gasteiger partial charge is 0.243 e. The maximum Gasteiger partial charge on any atom is 0.243 e. The lowest BCUT2D eigenvalue weighted by Gasteiger charge is -2.31. The van der Waals surface area contributed by atoms with E-state index in [1.165, 1.54) is 5.56 Å². The summed E-state index contributed by atoms with van der Waals surface area (Å²) in [4.78, 5) is 8.12. The normalized spacial score (nSPS) is 17.2. The van der Waals surface area contributed by atoms with E-state index in [-0.39, 0.29) is 0 Å². The molecule has 1 aliphatic rings. The van der Waals surface area contributed by atoms with Crippen molar-refractivity contribution in [1.82, 2.24) is 14.3 Å². The first-order valence-corrected chi connectivity index (χ1v) is 9.98. The van der Waals surface area contributed by atoms with E-state index >= 15 is 0 Å². The van der Waals surface area contributed by atoms with E-state index in [0.717, 1.165) is 29.4 Å². The molecule has 4 rings (SSSR count). The van der Waals surface area contributed by atoms with Gasteiger partial charge in [-0.3, -0.25) is 4.98 Å². The summed E-state index contributed by atoms with van der Waals surface area (Å²) >= 11 is 0. The molecule has 3 heterocycles. The number of aromatic amines is 1. The number of hydrogen-bond acceptors (Lipinski definition) is 3. The molecule has 1 aliphatic heterocycles. The first-order valence-electron chi connectivity index (χ1n) is 8.54. The number of nitrogens with zero attached hydrogens (tertiary/aromatic N) is 2. The largest absolute Gasteiger partial charge is 0.360 e. The summed E-state index contributed by atoms with van der Waals surface area (Å²) in [6, 6.07) is 11.0. The van der Waals surface area contributed by atoms with Crippen molar-refractivity contribution < 1.29 is 8.42 Å². The average Bonchev–Trinajstić information content (AvgIpc) is 3.06. The van der Waals surface area contributed by atoms with Crippen LogP contribution < -0.4 is 0 Å². The number of hydrogen-bond donors (Lipinski definition) is 1. The Morgan fingerprint density at radius 2 is 1.84 bits per heavy atom. The van der Waals surface area contributed by atoms with Gasteiger partial charge >= 0.3 is 0 Å². The van der Waals surface area contributed by atoms with E-state index in [2.05, 4.69) is 9.97 Å². The predicted molar refractivity (Wildman–Crippen MR) is 98.0 cm³/mol. The summed E-state index contributed by atoms with van der Waals surface area (Å²) in [5, 5.41) is 0. The van der Waals surface area contributed by atoms with Gasteiger partial charge in [-0.05, 0) is 55.5 Å². The van der Waals surface area contributed by atoms with Gasteiger partial charge in [0, 0.05) is 25.5 Å². The summed E-state index contributed by atoms with van der Waals surface area (Å²) in [7, 11) is -3.40. The second-order valence-electron chi connectivity index (χ2n) is 6.63. The molecule has 0 atom stereocenters. The van der Waals surface area contributed by atoms with E-state index in [9.17, 15) is 8.42 Å². The van der Waals surface area contributed by atoms with Crippen LogP contribution in [0.3, 0.4) is 0 Å². The number of piperidine rings is 1. The van der Waals surface area contributed by atoms with Crippen LogP contribution >= 0.6 is 0 Å². The van der Waals surface area contributed by atoms with Gasteiger partial charge in [-0.1, -0.05) is 17.7 Å². The van der Waals surface area contributed by atoms with E-state index in [1.807, 2.05) is 37.4 Å². The van der Waals surface area contributed by atoms with Crippen LogP contribution in [-0.4, -0.2) is 35.8 Å². The molecule has 1 N–H and O–H groups in total. The van der Waals surface area contributed by atoms with E-state index in [4.69, 9.17) is 0 Å². The fraction of sp³-hybridized carbons (Fsp3) is 0.316. The molecule has 0 bridgehead atoms. The molecule has 5 nitrogen and oxygen atoms in total. The van der Waals surface area contributed by atoms with Crippen LogP contribution in [0.1, 0.15) is 29.9 Å². The minimum Gasteiger partial charge on any atom is -0.360 e. The molecule has 0 radical (unpaired) electrons. The minimum absolute atomic E-state index is 0.341. The van der Waals surface area contributed by atoms with Crippen LogP contribution in [0.25, 0.3) is 11.0 Å². The van der Waals surface area contributed by atoms with Gasteiger partial charge in [-0.25, -0.2) is 8.42 Å². The van der Waals surface area contributed by atoms with Crippen molar-refractivity contribution in [2.75, 3.05) is 13.1 Å². The molecule has 1 aromatic carbocycles. The molecule has 130 valence electrons. The van der Waals surface area contributed by atoms with Crippen molar-refractivity contribution in [1.29, 1.82) is 0 Å². The zero-order valence-electron chi connectivity index (χ0n) is 14.1. The molecular weight excluding hydrogens is 334 g/mol. The van der Waals surface area contributed by atoms with Crippen LogP contribution in [0.2, 0.25) is 0 Å². The number of aryl methyl sites for hydroxylation is 1. The summed E-state index contributed by atoms with van der Waals surface area (Å²) < 4.78 is 27.2. The number of fused-ring (bicyclic) bond motifs is 1. The van der Waals surface area contributed by atoms with Crippen molar-refractivity contribution in [2.24, 2.45) is 0 Å². The van der Waals surface area contributed by atoms with Gasteiger partial charge in [-0.2, -0.15) is 4.31 Å². The number of rotatable bonds is 3. The molecule has 0 spiro atoms. The molecule has 0 saturated carbocycles. The third-order valence-electron chi connectivity index (χ3n) is 5.02. The zero-order chi connectivity index (χ0) is 17.4. The number of pyridine rings is 1. The van der Waals surface area contributed by atoms with Crippen LogP contribution in [0.4, 0.5) is 0 Å². The van der Waals surface area contributed by atoms with Crippen molar-refractivity contribution >= 4 is 21.1 Å². The SMILES string of the molecule is Cc1ccc(S(=O)(=O)N2CCC(c3c[nH]c4cccnc34)CC2)cc1. The third-order valence-corrected chi connectivity index (χ3v) is 6.93. The highest BCUT2D eigenvalue weighted by Crippen LogP contribution is 2.33. The molecule has 25 heavy (non-hydrogen) atoms. The van der Waals surface area contributed by atoms with Gasteiger partial charge in [0.25, 0.3) is 0 Å². The van der Waals surface area contributed by atoms with Gasteiger partial charge < -0.3 is 4.98 Å². The second kappa shape index (κ2) is 6.28. The number of nitrogens with one attached hydrogen (secondary N) is 1. The van der Waals surface area contributed by atoms with Gasteiger partial charge in [0.1, 0.15) is 0 Å². The van der Waals surface area contributed by atoms with Crippen molar-refractivity contribution in [3.63, 3.8) is 0 Å². The quantitative estimate of drug-likeness (QED) is 0.783. The Labute approximate surface area is 147 Å². The molecule has 0 unspecified atom stereocenters. The lowest BCUT2D eigenvalue weighted by Crippen LogP contribution is -2.37. The number of sulfonamides is 1. The maximum atomic E-state index is 12.8. The maximum absolute atomic E-state index is 12.8. The van der Waals surface area contributed by atoms with Crippen LogP contribution in [0.15, 0.2) is 53.7 Å². The summed E-state index contributed by atoms with van der Waals surface area (Å²) in [6.07, 6.45) is 5.45. The lowest BCUT2D eigenvalue weighted by atomic mass is 9.91. The van der Waals surface area contributed by atoms with Gasteiger partial charge in [-0.15, -0.1) is 0 Å². The van der Waals surface area contributed by atoms with Crippen molar-refractivity contribution in [2.45, 2.75) is 30.6 Å². The van der Waals surface area contributed by atoms with Crippen LogP contribution in [-0.2, 0) is 10.0 Å². The Morgan fingerprint density at radius 1 is 1.12 bits per heavy atom. The van der Waals surface area contributed by atoms with E-state index in [0.29, 0.717) is 23.9 Å².